The zero-order valence-corrected chi connectivity index (χ0v) is 14.2. The zero-order chi connectivity index (χ0) is 14.5. The van der Waals surface area contributed by atoms with Crippen molar-refractivity contribution >= 4 is 29.9 Å². The third kappa shape index (κ3) is 5.17. The van der Waals surface area contributed by atoms with Crippen LogP contribution >= 0.6 is 24.0 Å². The molecule has 1 saturated heterocycles. The van der Waals surface area contributed by atoms with E-state index < -0.39 is 0 Å². The summed E-state index contributed by atoms with van der Waals surface area (Å²) in [5.41, 5.74) is 1.08. The lowest BCUT2D eigenvalue weighted by Gasteiger charge is -2.26. The van der Waals surface area contributed by atoms with Crippen molar-refractivity contribution in [3.8, 4) is 0 Å². The van der Waals surface area contributed by atoms with Crippen LogP contribution in [0.3, 0.4) is 0 Å². The fraction of sp³-hybridized carbons (Fsp3) is 0.562. The lowest BCUT2D eigenvalue weighted by molar-refractivity contribution is -0.132. The summed E-state index contributed by atoms with van der Waals surface area (Å²) < 4.78 is 0. The number of benzene rings is 1. The van der Waals surface area contributed by atoms with Crippen molar-refractivity contribution in [2.75, 3.05) is 13.6 Å². The van der Waals surface area contributed by atoms with Crippen molar-refractivity contribution in [2.45, 2.75) is 44.7 Å². The molecule has 1 aliphatic rings. The lowest BCUT2D eigenvalue weighted by Crippen LogP contribution is -2.31. The van der Waals surface area contributed by atoms with E-state index >= 15 is 0 Å². The molecule has 1 fully saturated rings. The Kier molecular flexibility index (Phi) is 7.50. The number of nitrogens with zero attached hydrogens (tertiary/aromatic N) is 1. The van der Waals surface area contributed by atoms with Crippen LogP contribution in [0.2, 0.25) is 5.02 Å². The van der Waals surface area contributed by atoms with Crippen LogP contribution in [0.1, 0.15) is 44.2 Å². The maximum absolute atomic E-state index is 12.3. The molecular weight excluding hydrogens is 307 g/mol. The molecule has 5 heteroatoms. The number of carbonyl (C=O) groups excluding carboxylic acids is 1. The van der Waals surface area contributed by atoms with Gasteiger partial charge in [-0.05, 0) is 50.4 Å². The van der Waals surface area contributed by atoms with Crippen LogP contribution in [0.4, 0.5) is 0 Å². The van der Waals surface area contributed by atoms with Crippen molar-refractivity contribution < 1.29 is 4.79 Å². The van der Waals surface area contributed by atoms with Crippen molar-refractivity contribution in [1.82, 2.24) is 10.2 Å². The molecule has 1 aliphatic heterocycles. The van der Waals surface area contributed by atoms with Crippen molar-refractivity contribution in [2.24, 2.45) is 0 Å². The summed E-state index contributed by atoms with van der Waals surface area (Å²) in [7, 11) is 1.87. The van der Waals surface area contributed by atoms with E-state index in [0.29, 0.717) is 17.5 Å². The van der Waals surface area contributed by atoms with Gasteiger partial charge in [-0.1, -0.05) is 23.7 Å². The molecule has 2 rings (SSSR count). The van der Waals surface area contributed by atoms with Gasteiger partial charge in [-0.3, -0.25) is 4.79 Å². The second-order valence-electron chi connectivity index (χ2n) is 5.57. The number of rotatable bonds is 5. The minimum atomic E-state index is 0. The molecule has 0 radical (unpaired) electrons. The maximum atomic E-state index is 12.3. The van der Waals surface area contributed by atoms with Crippen LogP contribution in [-0.4, -0.2) is 30.4 Å². The summed E-state index contributed by atoms with van der Waals surface area (Å²) in [4.78, 5) is 14.1. The molecule has 1 heterocycles. The van der Waals surface area contributed by atoms with Crippen LogP contribution < -0.4 is 5.32 Å². The highest BCUT2D eigenvalue weighted by atomic mass is 35.5. The van der Waals surface area contributed by atoms with Crippen LogP contribution in [0.5, 0.6) is 0 Å². The Hall–Kier alpha value is -0.770. The van der Waals surface area contributed by atoms with Gasteiger partial charge in [0.05, 0.1) is 6.04 Å². The molecule has 0 aromatic heterocycles. The summed E-state index contributed by atoms with van der Waals surface area (Å²) in [5.74, 6) is 0.200. The standard InChI is InChI=1S/C16H23ClN2O.ClH/c1-12(13-5-3-6-14(17)11-13)19(2)16(20)9-8-15-7-4-10-18-15;/h3,5-6,11-12,15,18H,4,7-10H2,1-2H3;1H. The molecule has 1 amide bonds. The Labute approximate surface area is 138 Å². The van der Waals surface area contributed by atoms with E-state index in [1.807, 2.05) is 43.1 Å². The van der Waals surface area contributed by atoms with Crippen molar-refractivity contribution in [3.05, 3.63) is 34.9 Å². The zero-order valence-electron chi connectivity index (χ0n) is 12.6. The third-order valence-corrected chi connectivity index (χ3v) is 4.41. The van der Waals surface area contributed by atoms with Crippen LogP contribution in [0, 0.1) is 0 Å². The van der Waals surface area contributed by atoms with E-state index in [4.69, 9.17) is 11.6 Å². The van der Waals surface area contributed by atoms with Crippen LogP contribution in [-0.2, 0) is 4.79 Å². The fourth-order valence-corrected chi connectivity index (χ4v) is 2.88. The van der Waals surface area contributed by atoms with E-state index in [-0.39, 0.29) is 24.4 Å². The number of nitrogens with one attached hydrogen (secondary N) is 1. The van der Waals surface area contributed by atoms with Gasteiger partial charge >= 0.3 is 0 Å². The van der Waals surface area contributed by atoms with Crippen LogP contribution in [0.25, 0.3) is 0 Å². The minimum Gasteiger partial charge on any atom is -0.339 e. The Morgan fingerprint density at radius 3 is 2.90 bits per heavy atom. The third-order valence-electron chi connectivity index (χ3n) is 4.17. The van der Waals surface area contributed by atoms with Gasteiger partial charge in [-0.2, -0.15) is 0 Å². The summed E-state index contributed by atoms with van der Waals surface area (Å²) in [6.45, 7) is 3.13. The summed E-state index contributed by atoms with van der Waals surface area (Å²) in [6.07, 6.45) is 3.97. The first-order chi connectivity index (χ1) is 9.58. The number of carbonyl (C=O) groups is 1. The molecule has 0 bridgehead atoms. The van der Waals surface area contributed by atoms with E-state index in [1.165, 1.54) is 12.8 Å². The first-order valence-corrected chi connectivity index (χ1v) is 7.70. The predicted octanol–water partition coefficient (Wildman–Crippen LogP) is 3.81. The maximum Gasteiger partial charge on any atom is 0.222 e. The van der Waals surface area contributed by atoms with Crippen LogP contribution in [0.15, 0.2) is 24.3 Å². The number of amides is 1. The van der Waals surface area contributed by atoms with Gasteiger partial charge in [-0.15, -0.1) is 12.4 Å². The van der Waals surface area contributed by atoms with Gasteiger partial charge in [0.15, 0.2) is 0 Å². The highest BCUT2D eigenvalue weighted by Crippen LogP contribution is 2.23. The van der Waals surface area contributed by atoms with Crippen molar-refractivity contribution in [3.63, 3.8) is 0 Å². The van der Waals surface area contributed by atoms with Gasteiger partial charge in [0, 0.05) is 24.5 Å². The van der Waals surface area contributed by atoms with E-state index in [1.54, 1.807) is 0 Å². The largest absolute Gasteiger partial charge is 0.339 e. The summed E-state index contributed by atoms with van der Waals surface area (Å²) >= 11 is 6.01. The second kappa shape index (κ2) is 8.62. The summed E-state index contributed by atoms with van der Waals surface area (Å²) in [5, 5.41) is 4.14. The van der Waals surface area contributed by atoms with Gasteiger partial charge < -0.3 is 10.2 Å². The predicted molar refractivity (Wildman–Crippen MR) is 90.1 cm³/mol. The van der Waals surface area contributed by atoms with Gasteiger partial charge in [0.2, 0.25) is 5.91 Å². The van der Waals surface area contributed by atoms with E-state index in [9.17, 15) is 4.79 Å². The lowest BCUT2D eigenvalue weighted by atomic mass is 10.1. The molecule has 1 aromatic carbocycles. The fourth-order valence-electron chi connectivity index (χ4n) is 2.68. The number of hydrogen-bond acceptors (Lipinski definition) is 2. The summed E-state index contributed by atoms with van der Waals surface area (Å²) in [6, 6.07) is 8.29. The van der Waals surface area contributed by atoms with E-state index in [0.717, 1.165) is 18.5 Å². The van der Waals surface area contributed by atoms with E-state index in [2.05, 4.69) is 5.32 Å². The first kappa shape index (κ1) is 18.3. The monoisotopic (exact) mass is 330 g/mol. The average Bonchev–Trinajstić information content (AvgIpc) is 2.96. The molecule has 21 heavy (non-hydrogen) atoms. The smallest absolute Gasteiger partial charge is 0.222 e. The quantitative estimate of drug-likeness (QED) is 0.890. The van der Waals surface area contributed by atoms with Crippen molar-refractivity contribution in [1.29, 1.82) is 0 Å². The molecule has 0 aliphatic carbocycles. The number of hydrogen-bond donors (Lipinski definition) is 1. The topological polar surface area (TPSA) is 32.3 Å². The molecule has 3 nitrogen and oxygen atoms in total. The Bertz CT molecular complexity index is 461. The molecule has 118 valence electrons. The highest BCUT2D eigenvalue weighted by molar-refractivity contribution is 6.30. The minimum absolute atomic E-state index is 0. The second-order valence-corrected chi connectivity index (χ2v) is 6.00. The molecule has 1 N–H and O–H groups in total. The normalized spacial score (nSPS) is 18.9. The van der Waals surface area contributed by atoms with Gasteiger partial charge in [-0.25, -0.2) is 0 Å². The number of halogens is 2. The molecular formula is C16H24Cl2N2O. The molecule has 2 unspecified atom stereocenters. The highest BCUT2D eigenvalue weighted by Gasteiger charge is 2.20. The first-order valence-electron chi connectivity index (χ1n) is 7.32. The molecule has 1 aromatic rings. The molecule has 0 spiro atoms. The Morgan fingerprint density at radius 1 is 1.52 bits per heavy atom. The SMILES string of the molecule is CC(c1cccc(Cl)c1)N(C)C(=O)CCC1CCCN1.Cl. The van der Waals surface area contributed by atoms with Gasteiger partial charge in [0.1, 0.15) is 0 Å². The average molecular weight is 331 g/mol. The van der Waals surface area contributed by atoms with Gasteiger partial charge in [0.25, 0.3) is 0 Å². The molecule has 0 saturated carbocycles. The Balaban J connectivity index is 0.00000220. The Morgan fingerprint density at radius 2 is 2.29 bits per heavy atom. The molecule has 2 atom stereocenters.